The van der Waals surface area contributed by atoms with Crippen molar-refractivity contribution in [3.8, 4) is 0 Å². The first-order valence-corrected chi connectivity index (χ1v) is 6.17. The Morgan fingerprint density at radius 3 is 1.81 bits per heavy atom. The lowest BCUT2D eigenvalue weighted by Crippen LogP contribution is -1.53. The molecular weight excluding hydrogens is 264 g/mol. The zero-order valence-corrected chi connectivity index (χ0v) is 11.1. The summed E-state index contributed by atoms with van der Waals surface area (Å²) in [6.45, 7) is 0. The lowest BCUT2D eigenvalue weighted by atomic mass is 10.5. The van der Waals surface area contributed by atoms with Crippen LogP contribution in [0, 0.1) is 0 Å². The Bertz CT molecular complexity index is 387. The van der Waals surface area contributed by atoms with E-state index >= 15 is 0 Å². The van der Waals surface area contributed by atoms with Gasteiger partial charge >= 0.3 is 0 Å². The van der Waals surface area contributed by atoms with Crippen molar-refractivity contribution in [1.29, 1.82) is 0 Å². The predicted octanol–water partition coefficient (Wildman–Crippen LogP) is 4.24. The number of H-pyrrole nitrogens is 2. The molecule has 21 heavy (non-hydrogen) atoms. The fourth-order valence-electron chi connectivity index (χ4n) is 1.06. The van der Waals surface area contributed by atoms with Gasteiger partial charge in [0.2, 0.25) is 0 Å². The highest BCUT2D eigenvalue weighted by molar-refractivity contribution is 5.11. The van der Waals surface area contributed by atoms with E-state index in [9.17, 15) is 0 Å². The van der Waals surface area contributed by atoms with Crippen LogP contribution in [-0.2, 0) is 0 Å². The van der Waals surface area contributed by atoms with Crippen molar-refractivity contribution in [2.45, 2.75) is 13.8 Å². The standard InChI is InChI=1S/C5H6.C4H5N.C3H4N2.C3H3NO.CH4/c4*1-2-4-5-3-1;/h1-4H,5H2;1-5H;1-3H,(H,4,5);1-3H;1H4. The highest BCUT2D eigenvalue weighted by atomic mass is 16.5. The van der Waals surface area contributed by atoms with Crippen LogP contribution in [-0.4, -0.2) is 20.3 Å². The Balaban J connectivity index is 0.000000250. The molecule has 0 saturated carbocycles. The maximum absolute atomic E-state index is 4.33. The number of rotatable bonds is 0. The Labute approximate surface area is 125 Å². The summed E-state index contributed by atoms with van der Waals surface area (Å²) in [5, 5.41) is 9.56. The fraction of sp³-hybridized carbons (Fsp3) is 0.125. The van der Waals surface area contributed by atoms with Crippen LogP contribution in [0.4, 0.5) is 0 Å². The van der Waals surface area contributed by atoms with Gasteiger partial charge in [-0.05, 0) is 30.7 Å². The van der Waals surface area contributed by atoms with Gasteiger partial charge in [-0.15, -0.1) is 0 Å². The summed E-state index contributed by atoms with van der Waals surface area (Å²) in [6, 6.07) is 7.44. The van der Waals surface area contributed by atoms with Crippen molar-refractivity contribution in [3.05, 3.63) is 85.8 Å². The van der Waals surface area contributed by atoms with Gasteiger partial charge < -0.3 is 9.51 Å². The SMILES string of the molecule is C.C1=CCC=C1.c1cc[nH]c1.c1cn[nH]c1.c1cnoc1. The molecule has 5 nitrogen and oxygen atoms in total. The second kappa shape index (κ2) is 15.2. The Hall–Kier alpha value is -2.82. The van der Waals surface area contributed by atoms with E-state index in [1.165, 1.54) is 6.26 Å². The first-order valence-electron chi connectivity index (χ1n) is 6.17. The normalized spacial score (nSPS) is 9.90. The van der Waals surface area contributed by atoms with Crippen molar-refractivity contribution in [2.75, 3.05) is 0 Å². The van der Waals surface area contributed by atoms with Crippen LogP contribution in [0.15, 0.2) is 90.3 Å². The van der Waals surface area contributed by atoms with Gasteiger partial charge in [-0.2, -0.15) is 5.10 Å². The molecule has 1 aliphatic rings. The average molecular weight is 286 g/mol. The van der Waals surface area contributed by atoms with Gasteiger partial charge in [-0.3, -0.25) is 5.10 Å². The molecule has 0 amide bonds. The lowest BCUT2D eigenvalue weighted by molar-refractivity contribution is 0.420. The van der Waals surface area contributed by atoms with Gasteiger partial charge in [-0.25, -0.2) is 0 Å². The molecule has 0 fully saturated rings. The van der Waals surface area contributed by atoms with Crippen molar-refractivity contribution in [1.82, 2.24) is 20.3 Å². The quantitative estimate of drug-likeness (QED) is 0.649. The summed E-state index contributed by atoms with van der Waals surface area (Å²) in [6.07, 6.45) is 19.8. The van der Waals surface area contributed by atoms with Crippen molar-refractivity contribution < 1.29 is 4.52 Å². The monoisotopic (exact) mass is 286 g/mol. The Morgan fingerprint density at radius 1 is 0.857 bits per heavy atom. The van der Waals surface area contributed by atoms with Crippen LogP contribution in [0.3, 0.4) is 0 Å². The molecule has 0 spiro atoms. The molecule has 3 aromatic rings. The number of hydrogen-bond donors (Lipinski definition) is 2. The first kappa shape index (κ1) is 18.2. The second-order valence-corrected chi connectivity index (χ2v) is 3.43. The van der Waals surface area contributed by atoms with E-state index in [0.29, 0.717) is 0 Å². The lowest BCUT2D eigenvalue weighted by Gasteiger charge is -1.57. The first-order chi connectivity index (χ1) is 10.0. The molecule has 0 radical (unpaired) electrons. The number of hydrogen-bond acceptors (Lipinski definition) is 3. The third kappa shape index (κ3) is 13.4. The molecule has 112 valence electrons. The topological polar surface area (TPSA) is 70.5 Å². The third-order valence-corrected chi connectivity index (χ3v) is 1.90. The van der Waals surface area contributed by atoms with Crippen LogP contribution in [0.1, 0.15) is 13.8 Å². The van der Waals surface area contributed by atoms with Crippen molar-refractivity contribution in [3.63, 3.8) is 0 Å². The largest absolute Gasteiger partial charge is 0.368 e. The Morgan fingerprint density at radius 2 is 1.62 bits per heavy atom. The smallest absolute Gasteiger partial charge is 0.123 e. The molecule has 0 unspecified atom stereocenters. The fourth-order valence-corrected chi connectivity index (χ4v) is 1.06. The van der Waals surface area contributed by atoms with Crippen LogP contribution in [0.25, 0.3) is 0 Å². The minimum Gasteiger partial charge on any atom is -0.368 e. The van der Waals surface area contributed by atoms with Crippen LogP contribution >= 0.6 is 0 Å². The third-order valence-electron chi connectivity index (χ3n) is 1.90. The van der Waals surface area contributed by atoms with Crippen molar-refractivity contribution in [2.24, 2.45) is 0 Å². The van der Waals surface area contributed by atoms with Gasteiger partial charge in [0.05, 0.1) is 6.20 Å². The summed E-state index contributed by atoms with van der Waals surface area (Å²) >= 11 is 0. The van der Waals surface area contributed by atoms with E-state index in [-0.39, 0.29) is 7.43 Å². The minimum absolute atomic E-state index is 0. The zero-order valence-electron chi connectivity index (χ0n) is 11.1. The number of aromatic nitrogens is 4. The summed E-state index contributed by atoms with van der Waals surface area (Å²) in [4.78, 5) is 2.86. The van der Waals surface area contributed by atoms with Gasteiger partial charge in [0, 0.05) is 24.8 Å². The molecule has 4 rings (SSSR count). The van der Waals surface area contributed by atoms with Gasteiger partial charge in [0.1, 0.15) is 6.26 Å². The number of nitrogens with zero attached hydrogens (tertiary/aromatic N) is 2. The molecule has 3 heterocycles. The summed E-state index contributed by atoms with van der Waals surface area (Å²) in [7, 11) is 0. The molecule has 0 aliphatic heterocycles. The van der Waals surface area contributed by atoms with Gasteiger partial charge in [-0.1, -0.05) is 36.9 Å². The average Bonchev–Trinajstić information content (AvgIpc) is 3.40. The van der Waals surface area contributed by atoms with Gasteiger partial charge in [0.15, 0.2) is 0 Å². The van der Waals surface area contributed by atoms with Crippen LogP contribution in [0.5, 0.6) is 0 Å². The Kier molecular flexibility index (Phi) is 13.2. The summed E-state index contributed by atoms with van der Waals surface area (Å²) in [5.74, 6) is 0. The molecule has 2 N–H and O–H groups in total. The molecule has 0 bridgehead atoms. The molecule has 0 atom stereocenters. The highest BCUT2D eigenvalue weighted by Gasteiger charge is 1.72. The predicted molar refractivity (Wildman–Crippen MR) is 85.5 cm³/mol. The van der Waals surface area contributed by atoms with E-state index in [0.717, 1.165) is 6.42 Å². The molecule has 0 saturated heterocycles. The molecule has 1 aliphatic carbocycles. The summed E-state index contributed by atoms with van der Waals surface area (Å²) < 4.78 is 4.33. The number of allylic oxidation sites excluding steroid dienone is 4. The number of aromatic amines is 2. The van der Waals surface area contributed by atoms with Gasteiger partial charge in [0.25, 0.3) is 0 Å². The molecule has 5 heteroatoms. The van der Waals surface area contributed by atoms with E-state index in [1.54, 1.807) is 24.7 Å². The van der Waals surface area contributed by atoms with Crippen LogP contribution < -0.4 is 0 Å². The molecule has 0 aromatic carbocycles. The zero-order chi connectivity index (χ0) is 14.1. The maximum Gasteiger partial charge on any atom is 0.123 e. The van der Waals surface area contributed by atoms with E-state index in [2.05, 4.69) is 49.2 Å². The molecule has 3 aromatic heterocycles. The maximum atomic E-state index is 4.33. The van der Waals surface area contributed by atoms with E-state index in [1.807, 2.05) is 30.6 Å². The molecular formula is C16H22N4O. The summed E-state index contributed by atoms with van der Waals surface area (Å²) in [5.41, 5.74) is 0. The van der Waals surface area contributed by atoms with Crippen LogP contribution in [0.2, 0.25) is 0 Å². The number of nitrogens with one attached hydrogen (secondary N) is 2. The van der Waals surface area contributed by atoms with Crippen molar-refractivity contribution >= 4 is 0 Å². The van der Waals surface area contributed by atoms with E-state index in [4.69, 9.17) is 0 Å². The van der Waals surface area contributed by atoms with E-state index < -0.39 is 0 Å². The highest BCUT2D eigenvalue weighted by Crippen LogP contribution is 1.93. The second-order valence-electron chi connectivity index (χ2n) is 3.43. The minimum atomic E-state index is 0.